The molecular formula is C26H33N5O7. The number of carbonyl (C=O) groups excluding carboxylic acids is 5. The second kappa shape index (κ2) is 14.9. The summed E-state index contributed by atoms with van der Waals surface area (Å²) in [6.07, 6.45) is 3.67. The van der Waals surface area contributed by atoms with Crippen LogP contribution in [0.4, 0.5) is 4.79 Å². The molecule has 38 heavy (non-hydrogen) atoms. The van der Waals surface area contributed by atoms with E-state index in [0.29, 0.717) is 5.56 Å². The molecule has 0 aliphatic rings. The molecule has 12 heteroatoms. The number of esters is 1. The number of amides is 4. The van der Waals surface area contributed by atoms with Gasteiger partial charge < -0.3 is 30.7 Å². The number of benzene rings is 1. The standard InChI is InChI=1S/C26H33N5O7/c1-6-17-8-10-18(11-9-17)22(23(34)29-14-12-21(33)37-7-2)31(15-13-27)24(35)19(16-20(28)32)30-25(36)38-26(3,4)5/h1,8-11,19,22H,7,12,14-16H2,2-5H3,(H2,28,32)(H,29,34)(H,30,36). The van der Waals surface area contributed by atoms with Gasteiger partial charge in [-0.3, -0.25) is 19.2 Å². The predicted molar refractivity (Wildman–Crippen MR) is 136 cm³/mol. The predicted octanol–water partition coefficient (Wildman–Crippen LogP) is 0.899. The molecule has 2 unspecified atom stereocenters. The Morgan fingerprint density at radius 2 is 1.79 bits per heavy atom. The van der Waals surface area contributed by atoms with Crippen LogP contribution in [0.5, 0.6) is 0 Å². The number of nitriles is 1. The highest BCUT2D eigenvalue weighted by atomic mass is 16.6. The monoisotopic (exact) mass is 527 g/mol. The average Bonchev–Trinajstić information content (AvgIpc) is 2.82. The van der Waals surface area contributed by atoms with Gasteiger partial charge in [0.25, 0.3) is 0 Å². The quantitative estimate of drug-likeness (QED) is 0.204. The third kappa shape index (κ3) is 10.6. The lowest BCUT2D eigenvalue weighted by molar-refractivity contribution is -0.144. The maximum atomic E-state index is 13.6. The first-order valence-electron chi connectivity index (χ1n) is 11.8. The number of hydrogen-bond acceptors (Lipinski definition) is 8. The highest BCUT2D eigenvalue weighted by Gasteiger charge is 2.37. The molecule has 0 radical (unpaired) electrons. The lowest BCUT2D eigenvalue weighted by Gasteiger charge is -2.32. The van der Waals surface area contributed by atoms with Crippen LogP contribution in [0.25, 0.3) is 0 Å². The Labute approximate surface area is 221 Å². The number of rotatable bonds is 12. The maximum absolute atomic E-state index is 13.6. The van der Waals surface area contributed by atoms with Crippen LogP contribution < -0.4 is 16.4 Å². The molecule has 0 bridgehead atoms. The normalized spacial score (nSPS) is 12.1. The summed E-state index contributed by atoms with van der Waals surface area (Å²) in [4.78, 5) is 63.6. The first-order valence-corrected chi connectivity index (χ1v) is 11.8. The zero-order valence-corrected chi connectivity index (χ0v) is 21.9. The summed E-state index contributed by atoms with van der Waals surface area (Å²) in [5.74, 6) is -0.652. The van der Waals surface area contributed by atoms with Gasteiger partial charge in [-0.15, -0.1) is 6.42 Å². The molecule has 0 heterocycles. The smallest absolute Gasteiger partial charge is 0.408 e. The van der Waals surface area contributed by atoms with Gasteiger partial charge in [0.1, 0.15) is 24.2 Å². The van der Waals surface area contributed by atoms with Crippen LogP contribution in [0.2, 0.25) is 0 Å². The first-order chi connectivity index (χ1) is 17.8. The van der Waals surface area contributed by atoms with Crippen molar-refractivity contribution in [1.82, 2.24) is 15.5 Å². The number of nitrogens with two attached hydrogens (primary N) is 1. The molecule has 4 amide bonds. The summed E-state index contributed by atoms with van der Waals surface area (Å²) >= 11 is 0. The molecule has 1 aromatic rings. The van der Waals surface area contributed by atoms with Gasteiger partial charge in [-0.05, 0) is 45.4 Å². The molecule has 2 atom stereocenters. The number of hydrogen-bond donors (Lipinski definition) is 3. The van der Waals surface area contributed by atoms with E-state index in [-0.39, 0.29) is 25.1 Å². The van der Waals surface area contributed by atoms with Crippen molar-refractivity contribution < 1.29 is 33.4 Å². The molecule has 4 N–H and O–H groups in total. The maximum Gasteiger partial charge on any atom is 0.408 e. The van der Waals surface area contributed by atoms with Crippen LogP contribution in [-0.4, -0.2) is 66.0 Å². The van der Waals surface area contributed by atoms with Crippen molar-refractivity contribution >= 4 is 29.8 Å². The Bertz CT molecular complexity index is 1100. The number of alkyl carbamates (subject to hydrolysis) is 1. The molecule has 12 nitrogen and oxygen atoms in total. The van der Waals surface area contributed by atoms with Crippen molar-refractivity contribution in [2.75, 3.05) is 19.7 Å². The largest absolute Gasteiger partial charge is 0.466 e. The van der Waals surface area contributed by atoms with E-state index in [1.165, 1.54) is 12.1 Å². The summed E-state index contributed by atoms with van der Waals surface area (Å²) < 4.78 is 10.0. The molecule has 0 fully saturated rings. The Morgan fingerprint density at radius 1 is 1.16 bits per heavy atom. The number of ether oxygens (including phenoxy) is 2. The molecule has 0 aliphatic heterocycles. The lowest BCUT2D eigenvalue weighted by Crippen LogP contribution is -2.54. The van der Waals surface area contributed by atoms with Crippen molar-refractivity contribution in [1.29, 1.82) is 5.26 Å². The van der Waals surface area contributed by atoms with Gasteiger partial charge in [0.2, 0.25) is 17.7 Å². The van der Waals surface area contributed by atoms with E-state index in [9.17, 15) is 29.2 Å². The van der Waals surface area contributed by atoms with Gasteiger partial charge in [-0.25, -0.2) is 4.79 Å². The van der Waals surface area contributed by atoms with E-state index in [4.69, 9.17) is 21.6 Å². The van der Waals surface area contributed by atoms with Gasteiger partial charge in [0.05, 0.1) is 25.5 Å². The van der Waals surface area contributed by atoms with Crippen LogP contribution in [0.1, 0.15) is 57.7 Å². The minimum atomic E-state index is -1.53. The van der Waals surface area contributed by atoms with Gasteiger partial charge in [-0.2, -0.15) is 5.26 Å². The number of terminal acetylenes is 1. The number of nitrogens with one attached hydrogen (secondary N) is 2. The van der Waals surface area contributed by atoms with E-state index in [1.807, 2.05) is 6.07 Å². The van der Waals surface area contributed by atoms with E-state index in [1.54, 1.807) is 39.8 Å². The van der Waals surface area contributed by atoms with Crippen molar-refractivity contribution in [2.45, 2.75) is 58.2 Å². The SMILES string of the molecule is C#Cc1ccc(C(C(=O)NCCC(=O)OCC)N(CC#N)C(=O)C(CC(N)=O)NC(=O)OC(C)(C)C)cc1. The molecule has 1 rings (SSSR count). The molecule has 0 spiro atoms. The van der Waals surface area contributed by atoms with Crippen LogP contribution in [0, 0.1) is 23.7 Å². The topological polar surface area (TPSA) is 181 Å². The Balaban J connectivity index is 3.40. The van der Waals surface area contributed by atoms with E-state index >= 15 is 0 Å². The number of carbonyl (C=O) groups is 5. The Kier molecular flexibility index (Phi) is 12.3. The zero-order chi connectivity index (χ0) is 28.9. The molecule has 0 saturated carbocycles. The molecule has 0 saturated heterocycles. The molecular weight excluding hydrogens is 494 g/mol. The minimum Gasteiger partial charge on any atom is -0.466 e. The van der Waals surface area contributed by atoms with Gasteiger partial charge in [0.15, 0.2) is 0 Å². The fourth-order valence-corrected chi connectivity index (χ4v) is 3.28. The summed E-state index contributed by atoms with van der Waals surface area (Å²) in [5, 5.41) is 14.3. The summed E-state index contributed by atoms with van der Waals surface area (Å²) in [6.45, 7) is 5.95. The van der Waals surface area contributed by atoms with Crippen molar-refractivity contribution in [3.8, 4) is 18.4 Å². The van der Waals surface area contributed by atoms with Gasteiger partial charge in [0, 0.05) is 12.1 Å². The van der Waals surface area contributed by atoms with Gasteiger partial charge >= 0.3 is 12.1 Å². The first kappa shape index (κ1) is 31.4. The third-order valence-electron chi connectivity index (χ3n) is 4.81. The number of primary amides is 1. The Hall–Kier alpha value is -4.58. The van der Waals surface area contributed by atoms with Crippen molar-refractivity contribution in [2.24, 2.45) is 5.73 Å². The van der Waals surface area contributed by atoms with Crippen LogP contribution in [0.15, 0.2) is 24.3 Å². The second-order valence-electron chi connectivity index (χ2n) is 9.01. The molecule has 204 valence electrons. The van der Waals surface area contributed by atoms with Crippen LogP contribution >= 0.6 is 0 Å². The average molecular weight is 528 g/mol. The minimum absolute atomic E-state index is 0.105. The molecule has 0 aromatic heterocycles. The fourth-order valence-electron chi connectivity index (χ4n) is 3.28. The zero-order valence-electron chi connectivity index (χ0n) is 21.9. The summed E-state index contributed by atoms with van der Waals surface area (Å²) in [5.41, 5.74) is 5.19. The highest BCUT2D eigenvalue weighted by Crippen LogP contribution is 2.23. The van der Waals surface area contributed by atoms with E-state index in [2.05, 4.69) is 16.6 Å². The third-order valence-corrected chi connectivity index (χ3v) is 4.81. The Morgan fingerprint density at radius 3 is 2.29 bits per heavy atom. The fraction of sp³-hybridized carbons (Fsp3) is 0.462. The second-order valence-corrected chi connectivity index (χ2v) is 9.01. The van der Waals surface area contributed by atoms with E-state index in [0.717, 1.165) is 4.90 Å². The van der Waals surface area contributed by atoms with E-state index < -0.39 is 60.4 Å². The summed E-state index contributed by atoms with van der Waals surface area (Å²) in [6, 6.07) is 5.01. The van der Waals surface area contributed by atoms with Crippen LogP contribution in [-0.2, 0) is 28.7 Å². The summed E-state index contributed by atoms with van der Waals surface area (Å²) in [7, 11) is 0. The lowest BCUT2D eigenvalue weighted by atomic mass is 10.0. The van der Waals surface area contributed by atoms with Crippen molar-refractivity contribution in [3.05, 3.63) is 35.4 Å². The molecule has 0 aliphatic carbocycles. The van der Waals surface area contributed by atoms with Crippen molar-refractivity contribution in [3.63, 3.8) is 0 Å². The van der Waals surface area contributed by atoms with Gasteiger partial charge in [-0.1, -0.05) is 18.1 Å². The number of nitrogens with zero attached hydrogens (tertiary/aromatic N) is 2. The molecule has 1 aromatic carbocycles. The van der Waals surface area contributed by atoms with Crippen LogP contribution in [0.3, 0.4) is 0 Å². The highest BCUT2D eigenvalue weighted by molar-refractivity contribution is 5.94.